The van der Waals surface area contributed by atoms with Crippen LogP contribution in [0.15, 0.2) is 36.7 Å². The van der Waals surface area contributed by atoms with E-state index in [2.05, 4.69) is 25.7 Å². The molecule has 0 radical (unpaired) electrons. The number of anilines is 3. The smallest absolute Gasteiger partial charge is 0.237 e. The van der Waals surface area contributed by atoms with E-state index in [-0.39, 0.29) is 19.0 Å². The van der Waals surface area contributed by atoms with Crippen LogP contribution < -0.4 is 15.4 Å². The molecule has 38 heavy (non-hydrogen) atoms. The number of ether oxygens (including phenoxy) is 1. The van der Waals surface area contributed by atoms with E-state index in [0.29, 0.717) is 66.7 Å². The molecular weight excluding hydrogens is 489 g/mol. The molecule has 0 saturated carbocycles. The number of carbonyl (C=O) groups excluding carboxylic acids is 1. The number of hydrogen-bond donors (Lipinski definition) is 3. The summed E-state index contributed by atoms with van der Waals surface area (Å²) >= 11 is 0. The van der Waals surface area contributed by atoms with Crippen LogP contribution in [0.4, 0.5) is 21.7 Å². The van der Waals surface area contributed by atoms with E-state index in [0.717, 1.165) is 28.6 Å². The standard InChI is InChI=1S/C27H30FN7O3/c1-17-22(16-31-27-26(17)29-4-10-38-27)21-11-18-13-24(30-15-19(18)12-23(21)28)32-25-14-20(35(33-25)7-9-37)3-5-34(2)6-8-36/h9,11-16,29,36H,3-8,10H2,1-2H3,(H,30,32,33). The number of rotatable bonds is 10. The lowest BCUT2D eigenvalue weighted by Crippen LogP contribution is -2.25. The molecule has 0 saturated heterocycles. The number of aliphatic hydroxyl groups is 1. The van der Waals surface area contributed by atoms with Crippen molar-refractivity contribution in [2.75, 3.05) is 50.5 Å². The number of halogens is 1. The quantitative estimate of drug-likeness (QED) is 0.272. The van der Waals surface area contributed by atoms with Gasteiger partial charge in [0.15, 0.2) is 5.82 Å². The summed E-state index contributed by atoms with van der Waals surface area (Å²) < 4.78 is 22.4. The van der Waals surface area contributed by atoms with E-state index in [1.54, 1.807) is 23.1 Å². The third kappa shape index (κ3) is 5.29. The topological polar surface area (TPSA) is 117 Å². The largest absolute Gasteiger partial charge is 0.474 e. The molecule has 4 heterocycles. The zero-order chi connectivity index (χ0) is 26.6. The van der Waals surface area contributed by atoms with Crippen LogP contribution in [-0.2, 0) is 17.8 Å². The normalized spacial score (nSPS) is 12.8. The first-order valence-corrected chi connectivity index (χ1v) is 12.5. The lowest BCUT2D eigenvalue weighted by molar-refractivity contribution is -0.108. The highest BCUT2D eigenvalue weighted by atomic mass is 19.1. The van der Waals surface area contributed by atoms with E-state index in [4.69, 9.17) is 9.84 Å². The SMILES string of the molecule is Cc1c(-c2cc3cc(Nc4cc(CCN(C)CCO)n(CC=O)n4)ncc3cc2F)cnc2c1NCCO2. The van der Waals surface area contributed by atoms with Gasteiger partial charge in [-0.3, -0.25) is 4.68 Å². The van der Waals surface area contributed by atoms with Gasteiger partial charge in [-0.05, 0) is 43.1 Å². The molecule has 0 unspecified atom stereocenters. The number of hydrogen-bond acceptors (Lipinski definition) is 9. The zero-order valence-electron chi connectivity index (χ0n) is 21.4. The zero-order valence-corrected chi connectivity index (χ0v) is 21.4. The molecule has 10 nitrogen and oxygen atoms in total. The second-order valence-corrected chi connectivity index (χ2v) is 9.27. The molecule has 4 aromatic rings. The number of aliphatic hydroxyl groups excluding tert-OH is 1. The Labute approximate surface area is 219 Å². The van der Waals surface area contributed by atoms with Crippen molar-refractivity contribution in [3.8, 4) is 17.0 Å². The number of nitrogens with one attached hydrogen (secondary N) is 2. The Morgan fingerprint density at radius 2 is 2.03 bits per heavy atom. The van der Waals surface area contributed by atoms with Crippen molar-refractivity contribution in [1.82, 2.24) is 24.6 Å². The number of pyridine rings is 2. The van der Waals surface area contributed by atoms with Crippen molar-refractivity contribution in [2.45, 2.75) is 19.9 Å². The maximum atomic E-state index is 15.2. The van der Waals surface area contributed by atoms with E-state index in [1.807, 2.05) is 31.0 Å². The molecule has 1 aromatic carbocycles. The number of fused-ring (bicyclic) bond motifs is 2. The molecule has 198 valence electrons. The molecule has 0 bridgehead atoms. The van der Waals surface area contributed by atoms with Crippen molar-refractivity contribution in [2.24, 2.45) is 0 Å². The Morgan fingerprint density at radius 1 is 1.16 bits per heavy atom. The molecule has 0 atom stereocenters. The van der Waals surface area contributed by atoms with Gasteiger partial charge in [0, 0.05) is 66.7 Å². The van der Waals surface area contributed by atoms with E-state index in [1.165, 1.54) is 6.07 Å². The van der Waals surface area contributed by atoms with Gasteiger partial charge in [-0.1, -0.05) is 0 Å². The van der Waals surface area contributed by atoms with Crippen LogP contribution in [0.2, 0.25) is 0 Å². The third-order valence-electron chi connectivity index (χ3n) is 6.64. The molecule has 1 aliphatic rings. The summed E-state index contributed by atoms with van der Waals surface area (Å²) in [6, 6.07) is 7.00. The fraction of sp³-hybridized carbons (Fsp3) is 0.333. The monoisotopic (exact) mass is 519 g/mol. The first-order valence-electron chi connectivity index (χ1n) is 12.5. The molecule has 0 spiro atoms. The molecule has 3 aromatic heterocycles. The summed E-state index contributed by atoms with van der Waals surface area (Å²) in [5.41, 5.74) is 3.69. The fourth-order valence-electron chi connectivity index (χ4n) is 4.60. The number of benzene rings is 1. The molecule has 0 amide bonds. The molecule has 11 heteroatoms. The second-order valence-electron chi connectivity index (χ2n) is 9.27. The first-order chi connectivity index (χ1) is 18.5. The number of aromatic nitrogens is 4. The van der Waals surface area contributed by atoms with Gasteiger partial charge < -0.3 is 30.2 Å². The van der Waals surface area contributed by atoms with E-state index in [9.17, 15) is 4.79 Å². The van der Waals surface area contributed by atoms with Gasteiger partial charge in [-0.25, -0.2) is 14.4 Å². The predicted molar refractivity (Wildman–Crippen MR) is 144 cm³/mol. The maximum absolute atomic E-state index is 15.2. The summed E-state index contributed by atoms with van der Waals surface area (Å²) in [5.74, 6) is 1.28. The Morgan fingerprint density at radius 3 is 2.84 bits per heavy atom. The number of nitrogens with zero attached hydrogens (tertiary/aromatic N) is 5. The van der Waals surface area contributed by atoms with Crippen molar-refractivity contribution in [3.05, 3.63) is 53.7 Å². The van der Waals surface area contributed by atoms with E-state index < -0.39 is 0 Å². The lowest BCUT2D eigenvalue weighted by atomic mass is 9.98. The van der Waals surface area contributed by atoms with Crippen LogP contribution in [0.1, 0.15) is 11.3 Å². The Bertz CT molecular complexity index is 1470. The minimum Gasteiger partial charge on any atom is -0.474 e. The van der Waals surface area contributed by atoms with Gasteiger partial charge in [0.05, 0.1) is 13.2 Å². The highest BCUT2D eigenvalue weighted by Gasteiger charge is 2.19. The van der Waals surface area contributed by atoms with Gasteiger partial charge in [0.25, 0.3) is 0 Å². The van der Waals surface area contributed by atoms with Crippen LogP contribution in [0.5, 0.6) is 5.88 Å². The van der Waals surface area contributed by atoms with Gasteiger partial charge in [-0.15, -0.1) is 0 Å². The molecule has 0 aliphatic carbocycles. The summed E-state index contributed by atoms with van der Waals surface area (Å²) in [4.78, 5) is 22.0. The van der Waals surface area contributed by atoms with Crippen LogP contribution in [0, 0.1) is 12.7 Å². The Kier molecular flexibility index (Phi) is 7.47. The minimum absolute atomic E-state index is 0.0873. The third-order valence-corrected chi connectivity index (χ3v) is 6.64. The van der Waals surface area contributed by atoms with Crippen molar-refractivity contribution in [1.29, 1.82) is 0 Å². The van der Waals surface area contributed by atoms with Gasteiger partial charge in [0.1, 0.15) is 30.2 Å². The molecule has 0 fully saturated rings. The van der Waals surface area contributed by atoms with Crippen LogP contribution in [-0.4, -0.2) is 75.9 Å². The molecule has 5 rings (SSSR count). The Balaban J connectivity index is 1.43. The van der Waals surface area contributed by atoms with E-state index >= 15 is 4.39 Å². The molecule has 1 aliphatic heterocycles. The van der Waals surface area contributed by atoms with Crippen molar-refractivity contribution in [3.63, 3.8) is 0 Å². The highest BCUT2D eigenvalue weighted by molar-refractivity contribution is 5.90. The van der Waals surface area contributed by atoms with Gasteiger partial charge in [0.2, 0.25) is 5.88 Å². The van der Waals surface area contributed by atoms with Crippen LogP contribution in [0.3, 0.4) is 0 Å². The van der Waals surface area contributed by atoms with Crippen molar-refractivity contribution < 1.29 is 19.0 Å². The molecule has 3 N–H and O–H groups in total. The number of carbonyl (C=O) groups is 1. The first kappa shape index (κ1) is 25.6. The average Bonchev–Trinajstić information content (AvgIpc) is 3.29. The average molecular weight is 520 g/mol. The van der Waals surface area contributed by atoms with Crippen LogP contribution >= 0.6 is 0 Å². The van der Waals surface area contributed by atoms with Crippen LogP contribution in [0.25, 0.3) is 21.9 Å². The Hall–Kier alpha value is -4.09. The highest BCUT2D eigenvalue weighted by Crippen LogP contribution is 2.37. The van der Waals surface area contributed by atoms with Gasteiger partial charge >= 0.3 is 0 Å². The van der Waals surface area contributed by atoms with Crippen molar-refractivity contribution >= 4 is 34.4 Å². The summed E-state index contributed by atoms with van der Waals surface area (Å²) in [7, 11) is 1.93. The molecular formula is C27H30FN7O3. The lowest BCUT2D eigenvalue weighted by Gasteiger charge is -2.21. The summed E-state index contributed by atoms with van der Waals surface area (Å²) in [6.45, 7) is 4.65. The summed E-state index contributed by atoms with van der Waals surface area (Å²) in [5, 5.41) is 21.6. The second kappa shape index (κ2) is 11.1. The fourth-order valence-corrected chi connectivity index (χ4v) is 4.60. The van der Waals surface area contributed by atoms with Gasteiger partial charge in [-0.2, -0.15) is 5.10 Å². The summed E-state index contributed by atoms with van der Waals surface area (Å²) in [6.07, 6.45) is 4.73. The maximum Gasteiger partial charge on any atom is 0.237 e. The number of aldehydes is 1. The predicted octanol–water partition coefficient (Wildman–Crippen LogP) is 3.15. The minimum atomic E-state index is -0.356. The number of likely N-dealkylation sites (N-methyl/N-ethyl adjacent to an activating group) is 1.